The first-order valence-electron chi connectivity index (χ1n) is 8.45. The fourth-order valence-corrected chi connectivity index (χ4v) is 2.91. The fraction of sp³-hybridized carbons (Fsp3) is 0.529. The Morgan fingerprint density at radius 1 is 1.29 bits per heavy atom. The van der Waals surface area contributed by atoms with E-state index in [0.29, 0.717) is 25.7 Å². The Morgan fingerprint density at radius 2 is 2.04 bits per heavy atom. The molecular weight excluding hydrogens is 306 g/mol. The van der Waals surface area contributed by atoms with Crippen molar-refractivity contribution in [2.24, 2.45) is 0 Å². The second-order valence-electron chi connectivity index (χ2n) is 6.46. The minimum atomic E-state index is -0.0748. The molecule has 2 N–H and O–H groups in total. The third-order valence-corrected chi connectivity index (χ3v) is 4.38. The summed E-state index contributed by atoms with van der Waals surface area (Å²) >= 11 is 0. The highest BCUT2D eigenvalue weighted by molar-refractivity contribution is 5.92. The largest absolute Gasteiger partial charge is 0.395 e. The standard InChI is InChI=1S/C17H25N5O2/c1-13(2)22-12-14-11-15(3-4-16(14)19-22)18-17(24)21-7-5-20(6-8-21)9-10-23/h3-4,11-13,23H,5-10H2,1-2H3,(H,18,24). The van der Waals surface area contributed by atoms with Crippen LogP contribution in [0, 0.1) is 0 Å². The Kier molecular flexibility index (Phi) is 5.01. The molecule has 0 unspecified atom stereocenters. The van der Waals surface area contributed by atoms with Crippen LogP contribution in [-0.4, -0.2) is 70.0 Å². The first-order chi connectivity index (χ1) is 11.6. The van der Waals surface area contributed by atoms with Gasteiger partial charge in [0, 0.05) is 56.0 Å². The summed E-state index contributed by atoms with van der Waals surface area (Å²) in [5.74, 6) is 0. The van der Waals surface area contributed by atoms with Crippen molar-refractivity contribution in [3.05, 3.63) is 24.4 Å². The lowest BCUT2D eigenvalue weighted by Crippen LogP contribution is -2.50. The predicted octanol–water partition coefficient (Wildman–Crippen LogP) is 1.76. The van der Waals surface area contributed by atoms with E-state index in [1.807, 2.05) is 34.0 Å². The molecule has 0 spiro atoms. The maximum Gasteiger partial charge on any atom is 0.321 e. The molecule has 1 saturated heterocycles. The number of aliphatic hydroxyl groups excluding tert-OH is 1. The normalized spacial score (nSPS) is 16.1. The second kappa shape index (κ2) is 7.19. The Morgan fingerprint density at radius 3 is 2.71 bits per heavy atom. The third-order valence-electron chi connectivity index (χ3n) is 4.38. The molecule has 1 aliphatic heterocycles. The van der Waals surface area contributed by atoms with Crippen LogP contribution in [0.2, 0.25) is 0 Å². The van der Waals surface area contributed by atoms with Crippen molar-refractivity contribution in [1.82, 2.24) is 19.6 Å². The van der Waals surface area contributed by atoms with Gasteiger partial charge in [0.2, 0.25) is 0 Å². The van der Waals surface area contributed by atoms with Crippen molar-refractivity contribution in [2.75, 3.05) is 44.6 Å². The number of urea groups is 1. The van der Waals surface area contributed by atoms with Crippen molar-refractivity contribution in [3.63, 3.8) is 0 Å². The molecule has 2 aromatic rings. The summed E-state index contributed by atoms with van der Waals surface area (Å²) < 4.78 is 1.93. The maximum atomic E-state index is 12.4. The molecule has 0 atom stereocenters. The number of benzene rings is 1. The molecule has 0 radical (unpaired) electrons. The Labute approximate surface area is 141 Å². The highest BCUT2D eigenvalue weighted by Crippen LogP contribution is 2.20. The van der Waals surface area contributed by atoms with E-state index in [0.717, 1.165) is 29.7 Å². The van der Waals surface area contributed by atoms with Gasteiger partial charge in [-0.3, -0.25) is 9.58 Å². The van der Waals surface area contributed by atoms with Crippen molar-refractivity contribution in [2.45, 2.75) is 19.9 Å². The van der Waals surface area contributed by atoms with Crippen molar-refractivity contribution >= 4 is 22.6 Å². The van der Waals surface area contributed by atoms with E-state index >= 15 is 0 Å². The van der Waals surface area contributed by atoms with Crippen LogP contribution in [0.25, 0.3) is 10.9 Å². The number of amides is 2. The number of fused-ring (bicyclic) bond motifs is 1. The van der Waals surface area contributed by atoms with E-state index in [-0.39, 0.29) is 12.6 Å². The molecule has 2 amide bonds. The molecule has 7 heteroatoms. The average molecular weight is 331 g/mol. The number of aromatic nitrogens is 2. The van der Waals surface area contributed by atoms with Gasteiger partial charge in [-0.2, -0.15) is 5.10 Å². The third kappa shape index (κ3) is 3.68. The van der Waals surface area contributed by atoms with Crippen molar-refractivity contribution in [1.29, 1.82) is 0 Å². The number of carbonyl (C=O) groups is 1. The molecule has 0 saturated carbocycles. The fourth-order valence-electron chi connectivity index (χ4n) is 2.91. The first kappa shape index (κ1) is 16.7. The van der Waals surface area contributed by atoms with E-state index in [4.69, 9.17) is 5.11 Å². The van der Waals surface area contributed by atoms with Gasteiger partial charge in [0.05, 0.1) is 12.1 Å². The number of β-amino-alcohol motifs (C(OH)–C–C–N with tert-alkyl or cyclic N) is 1. The SMILES string of the molecule is CC(C)n1cc2cc(NC(=O)N3CCN(CCO)CC3)ccc2n1. The van der Waals surface area contributed by atoms with Crippen LogP contribution >= 0.6 is 0 Å². The van der Waals surface area contributed by atoms with Gasteiger partial charge >= 0.3 is 6.03 Å². The van der Waals surface area contributed by atoms with Crippen LogP contribution < -0.4 is 5.32 Å². The van der Waals surface area contributed by atoms with Gasteiger partial charge in [-0.05, 0) is 32.0 Å². The van der Waals surface area contributed by atoms with Crippen LogP contribution in [0.4, 0.5) is 10.5 Å². The summed E-state index contributed by atoms with van der Waals surface area (Å²) in [6.07, 6.45) is 2.00. The summed E-state index contributed by atoms with van der Waals surface area (Å²) in [5.41, 5.74) is 1.72. The number of carbonyl (C=O) groups excluding carboxylic acids is 1. The van der Waals surface area contributed by atoms with Gasteiger partial charge in [-0.15, -0.1) is 0 Å². The topological polar surface area (TPSA) is 73.6 Å². The zero-order valence-electron chi connectivity index (χ0n) is 14.3. The predicted molar refractivity (Wildman–Crippen MR) is 94.2 cm³/mol. The van der Waals surface area contributed by atoms with Gasteiger partial charge in [-0.25, -0.2) is 4.79 Å². The first-order valence-corrected chi connectivity index (χ1v) is 8.45. The molecule has 0 aliphatic carbocycles. The highest BCUT2D eigenvalue weighted by Gasteiger charge is 2.20. The molecule has 2 heterocycles. The van der Waals surface area contributed by atoms with Crippen molar-refractivity contribution < 1.29 is 9.90 Å². The van der Waals surface area contributed by atoms with Crippen molar-refractivity contribution in [3.8, 4) is 0 Å². The average Bonchev–Trinajstić information content (AvgIpc) is 2.99. The Bertz CT molecular complexity index is 704. The summed E-state index contributed by atoms with van der Waals surface area (Å²) in [5, 5.41) is 17.5. The molecule has 0 bridgehead atoms. The van der Waals surface area contributed by atoms with Gasteiger partial charge in [-0.1, -0.05) is 0 Å². The molecule has 130 valence electrons. The second-order valence-corrected chi connectivity index (χ2v) is 6.46. The quantitative estimate of drug-likeness (QED) is 0.895. The number of piperazine rings is 1. The minimum Gasteiger partial charge on any atom is -0.395 e. The lowest BCUT2D eigenvalue weighted by Gasteiger charge is -2.34. The smallest absolute Gasteiger partial charge is 0.321 e. The molecule has 24 heavy (non-hydrogen) atoms. The summed E-state index contributed by atoms with van der Waals surface area (Å²) in [4.78, 5) is 16.4. The van der Waals surface area contributed by atoms with Crippen LogP contribution in [-0.2, 0) is 0 Å². The lowest BCUT2D eigenvalue weighted by atomic mass is 10.2. The van der Waals surface area contributed by atoms with Gasteiger partial charge < -0.3 is 15.3 Å². The summed E-state index contributed by atoms with van der Waals surface area (Å²) in [7, 11) is 0. The van der Waals surface area contributed by atoms with E-state index in [1.165, 1.54) is 0 Å². The monoisotopic (exact) mass is 331 g/mol. The molecule has 1 fully saturated rings. The van der Waals surface area contributed by atoms with E-state index in [1.54, 1.807) is 0 Å². The number of rotatable bonds is 4. The van der Waals surface area contributed by atoms with Crippen LogP contribution in [0.5, 0.6) is 0 Å². The maximum absolute atomic E-state index is 12.4. The van der Waals surface area contributed by atoms with E-state index < -0.39 is 0 Å². The Hall–Kier alpha value is -2.12. The molecule has 1 aromatic carbocycles. The molecular formula is C17H25N5O2. The van der Waals surface area contributed by atoms with E-state index in [9.17, 15) is 4.79 Å². The zero-order chi connectivity index (χ0) is 17.1. The minimum absolute atomic E-state index is 0.0748. The molecule has 1 aliphatic rings. The molecule has 3 rings (SSSR count). The molecule has 1 aromatic heterocycles. The number of nitrogens with zero attached hydrogens (tertiary/aromatic N) is 4. The number of nitrogens with one attached hydrogen (secondary N) is 1. The Balaban J connectivity index is 1.63. The summed E-state index contributed by atoms with van der Waals surface area (Å²) in [6, 6.07) is 6.02. The van der Waals surface area contributed by atoms with Gasteiger partial charge in [0.25, 0.3) is 0 Å². The van der Waals surface area contributed by atoms with E-state index in [2.05, 4.69) is 29.2 Å². The number of hydrogen-bond acceptors (Lipinski definition) is 4. The van der Waals surface area contributed by atoms with Gasteiger partial charge in [0.15, 0.2) is 0 Å². The zero-order valence-corrected chi connectivity index (χ0v) is 14.3. The number of hydrogen-bond donors (Lipinski definition) is 2. The van der Waals surface area contributed by atoms with Crippen LogP contribution in [0.1, 0.15) is 19.9 Å². The van der Waals surface area contributed by atoms with Crippen LogP contribution in [0.3, 0.4) is 0 Å². The number of aliphatic hydroxyl groups is 1. The lowest BCUT2D eigenvalue weighted by molar-refractivity contribution is 0.127. The highest BCUT2D eigenvalue weighted by atomic mass is 16.3. The van der Waals surface area contributed by atoms with Crippen LogP contribution in [0.15, 0.2) is 24.4 Å². The number of anilines is 1. The summed E-state index contributed by atoms with van der Waals surface area (Å²) in [6.45, 7) is 7.97. The molecule has 7 nitrogen and oxygen atoms in total. The van der Waals surface area contributed by atoms with Gasteiger partial charge in [0.1, 0.15) is 0 Å².